The van der Waals surface area contributed by atoms with Gasteiger partial charge < -0.3 is 5.11 Å². The lowest BCUT2D eigenvalue weighted by Gasteiger charge is -2.08. The first-order valence-electron chi connectivity index (χ1n) is 7.06. The minimum Gasteiger partial charge on any atom is -0.505 e. The molecule has 11 heteroatoms. The van der Waals surface area contributed by atoms with E-state index in [1.807, 2.05) is 0 Å². The van der Waals surface area contributed by atoms with Crippen LogP contribution in [0.25, 0.3) is 5.76 Å². The lowest BCUT2D eigenvalue weighted by atomic mass is 10.1. The van der Waals surface area contributed by atoms with Crippen LogP contribution in [0.1, 0.15) is 5.56 Å². The number of alkyl halides is 3. The molecule has 0 aliphatic rings. The monoisotopic (exact) mass is 443 g/mol. The van der Waals surface area contributed by atoms with Gasteiger partial charge >= 0.3 is 6.18 Å². The Balaban J connectivity index is 2.52. The second-order valence-corrected chi connectivity index (χ2v) is 5.92. The molecule has 0 saturated heterocycles. The number of carbonyl (C=O) groups is 1. The van der Waals surface area contributed by atoms with Gasteiger partial charge in [0.15, 0.2) is 11.5 Å². The van der Waals surface area contributed by atoms with Crippen molar-refractivity contribution in [1.82, 2.24) is 0 Å². The van der Waals surface area contributed by atoms with Gasteiger partial charge in [-0.2, -0.15) is 18.3 Å². The van der Waals surface area contributed by atoms with Crippen molar-refractivity contribution in [2.24, 2.45) is 10.2 Å². The first-order valence-corrected chi connectivity index (χ1v) is 7.86. The minimum atomic E-state index is -5.31. The zero-order valence-electron chi connectivity index (χ0n) is 13.1. The number of nitro groups is 1. The van der Waals surface area contributed by atoms with Crippen molar-refractivity contribution in [2.75, 3.05) is 0 Å². The second kappa shape index (κ2) is 8.08. The van der Waals surface area contributed by atoms with E-state index in [1.165, 1.54) is 36.4 Å². The highest BCUT2D eigenvalue weighted by Crippen LogP contribution is 2.29. The maximum Gasteiger partial charge on any atom is 0.456 e. The standard InChI is InChI=1S/C16H9BrF3N3O4/c17-10-6-4-9(5-7-10)14(24)13(15(25)16(18,19)20)22-21-11-2-1-3-12(8-11)23(26)27/h1-8,24H/b14-13-,22-21?. The number of allylic oxidation sites excluding steroid dienone is 1. The first-order chi connectivity index (χ1) is 12.6. The van der Waals surface area contributed by atoms with E-state index in [-0.39, 0.29) is 16.9 Å². The van der Waals surface area contributed by atoms with Gasteiger partial charge in [0.25, 0.3) is 11.5 Å². The molecule has 2 aromatic carbocycles. The number of Topliss-reactive ketones (excluding diaryl/α,β-unsaturated/α-hetero) is 1. The number of halogens is 4. The lowest BCUT2D eigenvalue weighted by molar-refractivity contribution is -0.384. The van der Waals surface area contributed by atoms with Crippen LogP contribution in [-0.2, 0) is 4.79 Å². The number of carbonyl (C=O) groups excluding carboxylic acids is 1. The number of aliphatic hydroxyl groups is 1. The van der Waals surface area contributed by atoms with Gasteiger partial charge in [0, 0.05) is 22.2 Å². The topological polar surface area (TPSA) is 105 Å². The smallest absolute Gasteiger partial charge is 0.456 e. The summed E-state index contributed by atoms with van der Waals surface area (Å²) >= 11 is 3.13. The molecular weight excluding hydrogens is 435 g/mol. The molecule has 0 fully saturated rings. The van der Waals surface area contributed by atoms with Gasteiger partial charge in [-0.15, -0.1) is 5.11 Å². The number of hydrogen-bond acceptors (Lipinski definition) is 6. The summed E-state index contributed by atoms with van der Waals surface area (Å²) in [5.74, 6) is -3.43. The zero-order chi connectivity index (χ0) is 20.2. The molecule has 27 heavy (non-hydrogen) atoms. The summed E-state index contributed by atoms with van der Waals surface area (Å²) in [6.45, 7) is 0. The van der Waals surface area contributed by atoms with Crippen LogP contribution in [0, 0.1) is 10.1 Å². The number of benzene rings is 2. The van der Waals surface area contributed by atoms with Crippen molar-refractivity contribution in [2.45, 2.75) is 6.18 Å². The van der Waals surface area contributed by atoms with E-state index in [2.05, 4.69) is 26.2 Å². The highest BCUT2D eigenvalue weighted by molar-refractivity contribution is 9.10. The highest BCUT2D eigenvalue weighted by atomic mass is 79.9. The zero-order valence-corrected chi connectivity index (χ0v) is 14.7. The van der Waals surface area contributed by atoms with Crippen LogP contribution >= 0.6 is 15.9 Å². The average molecular weight is 444 g/mol. The van der Waals surface area contributed by atoms with Gasteiger partial charge in [-0.05, 0) is 18.2 Å². The van der Waals surface area contributed by atoms with Crippen LogP contribution in [0.15, 0.2) is 68.9 Å². The number of nitrogens with zero attached hydrogens (tertiary/aromatic N) is 3. The quantitative estimate of drug-likeness (QED) is 0.216. The molecule has 0 saturated carbocycles. The predicted octanol–water partition coefficient (Wildman–Crippen LogP) is 5.50. The molecular formula is C16H9BrF3N3O4. The Bertz CT molecular complexity index is 941. The number of nitro benzene ring substituents is 1. The van der Waals surface area contributed by atoms with Gasteiger partial charge in [-0.3, -0.25) is 14.9 Å². The molecule has 0 aliphatic carbocycles. The third-order valence-corrected chi connectivity index (χ3v) is 3.65. The lowest BCUT2D eigenvalue weighted by Crippen LogP contribution is -2.24. The summed E-state index contributed by atoms with van der Waals surface area (Å²) in [6, 6.07) is 10.0. The maximum atomic E-state index is 12.8. The van der Waals surface area contributed by atoms with Gasteiger partial charge in [-0.25, -0.2) is 0 Å². The molecule has 0 bridgehead atoms. The van der Waals surface area contributed by atoms with Crippen molar-refractivity contribution in [3.05, 3.63) is 74.4 Å². The fourth-order valence-electron chi connectivity index (χ4n) is 1.86. The second-order valence-electron chi connectivity index (χ2n) is 5.01. The molecule has 0 amide bonds. The molecule has 0 radical (unpaired) electrons. The van der Waals surface area contributed by atoms with Gasteiger partial charge in [-0.1, -0.05) is 34.1 Å². The van der Waals surface area contributed by atoms with E-state index in [0.29, 0.717) is 4.47 Å². The van der Waals surface area contributed by atoms with E-state index >= 15 is 0 Å². The Labute approximate surface area is 158 Å². The summed E-state index contributed by atoms with van der Waals surface area (Å²) in [4.78, 5) is 21.6. The van der Waals surface area contributed by atoms with Crippen LogP contribution in [0.5, 0.6) is 0 Å². The number of hydrogen-bond donors (Lipinski definition) is 1. The van der Waals surface area contributed by atoms with Crippen molar-refractivity contribution in [3.63, 3.8) is 0 Å². The molecule has 0 heterocycles. The van der Waals surface area contributed by atoms with E-state index in [9.17, 15) is 33.2 Å². The van der Waals surface area contributed by atoms with E-state index in [1.54, 1.807) is 0 Å². The average Bonchev–Trinajstić information content (AvgIpc) is 2.61. The third kappa shape index (κ3) is 5.20. The summed E-state index contributed by atoms with van der Waals surface area (Å²) in [5, 5.41) is 27.5. The minimum absolute atomic E-state index is 0.0937. The summed E-state index contributed by atoms with van der Waals surface area (Å²) in [6.07, 6.45) is -5.31. The highest BCUT2D eigenvalue weighted by Gasteiger charge is 2.43. The molecule has 0 aliphatic heterocycles. The number of rotatable bonds is 5. The SMILES string of the molecule is O=C(/C(N=Nc1cccc([N+](=O)[O-])c1)=C(/O)c1ccc(Br)cc1)C(F)(F)F. The van der Waals surface area contributed by atoms with Crippen LogP contribution in [-0.4, -0.2) is 22.0 Å². The molecule has 0 spiro atoms. The number of non-ortho nitro benzene ring substituents is 1. The summed E-state index contributed by atoms with van der Waals surface area (Å²) in [5.41, 5.74) is -1.96. The van der Waals surface area contributed by atoms with Crippen molar-refractivity contribution in [1.29, 1.82) is 0 Å². The van der Waals surface area contributed by atoms with Crippen LogP contribution in [0.4, 0.5) is 24.5 Å². The summed E-state index contributed by atoms with van der Waals surface area (Å²) in [7, 11) is 0. The van der Waals surface area contributed by atoms with Gasteiger partial charge in [0.1, 0.15) is 0 Å². The van der Waals surface area contributed by atoms with Crippen molar-refractivity contribution < 1.29 is 28.0 Å². The number of aliphatic hydroxyl groups excluding tert-OH is 1. The Morgan fingerprint density at radius 2 is 1.78 bits per heavy atom. The molecule has 140 valence electrons. The van der Waals surface area contributed by atoms with Gasteiger partial charge in [0.2, 0.25) is 0 Å². The summed E-state index contributed by atoms with van der Waals surface area (Å²) < 4.78 is 39.1. The molecule has 0 aromatic heterocycles. The normalized spacial score (nSPS) is 12.7. The van der Waals surface area contributed by atoms with Crippen LogP contribution in [0.2, 0.25) is 0 Å². The van der Waals surface area contributed by atoms with Crippen molar-refractivity contribution in [3.8, 4) is 0 Å². The Hall–Kier alpha value is -3.08. The molecule has 2 aromatic rings. The van der Waals surface area contributed by atoms with Gasteiger partial charge in [0.05, 0.1) is 10.6 Å². The molecule has 0 atom stereocenters. The Morgan fingerprint density at radius 3 is 2.33 bits per heavy atom. The Morgan fingerprint density at radius 1 is 1.15 bits per heavy atom. The van der Waals surface area contributed by atoms with Crippen molar-refractivity contribution >= 4 is 38.8 Å². The number of azo groups is 1. The molecule has 7 nitrogen and oxygen atoms in total. The fraction of sp³-hybridized carbons (Fsp3) is 0.0625. The van der Waals surface area contributed by atoms with Crippen LogP contribution in [0.3, 0.4) is 0 Å². The predicted molar refractivity (Wildman–Crippen MR) is 92.4 cm³/mol. The van der Waals surface area contributed by atoms with E-state index in [0.717, 1.165) is 12.1 Å². The Kier molecular flexibility index (Phi) is 6.05. The fourth-order valence-corrected chi connectivity index (χ4v) is 2.12. The molecule has 2 rings (SSSR count). The number of ketones is 1. The van der Waals surface area contributed by atoms with Crippen LogP contribution < -0.4 is 0 Å². The van der Waals surface area contributed by atoms with E-state index in [4.69, 9.17) is 0 Å². The largest absolute Gasteiger partial charge is 0.505 e. The molecule has 0 unspecified atom stereocenters. The third-order valence-electron chi connectivity index (χ3n) is 3.12. The maximum absolute atomic E-state index is 12.8. The van der Waals surface area contributed by atoms with E-state index < -0.39 is 28.3 Å². The molecule has 1 N–H and O–H groups in total. The first kappa shape index (κ1) is 20.2.